The number of nitrogens with two attached hydrogens (primary N) is 1. The Hall–Kier alpha value is -3.22. The Labute approximate surface area is 213 Å². The molecule has 0 aromatic heterocycles. The second-order valence-corrected chi connectivity index (χ2v) is 9.74. The summed E-state index contributed by atoms with van der Waals surface area (Å²) in [6, 6.07) is 31.1. The van der Waals surface area contributed by atoms with E-state index in [-0.39, 0.29) is 24.9 Å². The van der Waals surface area contributed by atoms with Gasteiger partial charge in [-0.3, -0.25) is 4.90 Å². The van der Waals surface area contributed by atoms with E-state index in [0.717, 1.165) is 29.7 Å². The van der Waals surface area contributed by atoms with Crippen LogP contribution in [0.2, 0.25) is 0 Å². The third-order valence-electron chi connectivity index (χ3n) is 7.21. The second-order valence-electron chi connectivity index (χ2n) is 9.74. The fourth-order valence-corrected chi connectivity index (χ4v) is 4.94. The number of ether oxygens (including phenoxy) is 2. The number of nitrogens with zero attached hydrogens (tertiary/aromatic N) is 1. The van der Waals surface area contributed by atoms with Gasteiger partial charge in [-0.2, -0.15) is 0 Å². The maximum absolute atomic E-state index is 9.43. The van der Waals surface area contributed by atoms with E-state index in [4.69, 9.17) is 15.2 Å². The van der Waals surface area contributed by atoms with Gasteiger partial charge in [0.05, 0.1) is 18.8 Å². The molecule has 0 radical (unpaired) electrons. The Morgan fingerprint density at radius 1 is 0.889 bits per heavy atom. The summed E-state index contributed by atoms with van der Waals surface area (Å²) < 4.78 is 12.9. The van der Waals surface area contributed by atoms with E-state index in [1.165, 1.54) is 16.3 Å². The average Bonchev–Trinajstić information content (AvgIpc) is 2.92. The first-order valence-electron chi connectivity index (χ1n) is 12.5. The molecule has 1 aliphatic rings. The van der Waals surface area contributed by atoms with Crippen LogP contribution in [-0.2, 0) is 16.1 Å². The summed E-state index contributed by atoms with van der Waals surface area (Å²) in [5.41, 5.74) is 10.9. The highest BCUT2D eigenvalue weighted by atomic mass is 16.7. The highest BCUT2D eigenvalue weighted by Gasteiger charge is 2.33. The van der Waals surface area contributed by atoms with Crippen molar-refractivity contribution in [1.29, 1.82) is 0 Å². The van der Waals surface area contributed by atoms with Crippen LogP contribution in [0.5, 0.6) is 0 Å². The Morgan fingerprint density at radius 3 is 2.42 bits per heavy atom. The highest BCUT2D eigenvalue weighted by molar-refractivity contribution is 5.83. The molecule has 0 spiro atoms. The largest absolute Gasteiger partial charge is 0.399 e. The molecule has 5 rings (SSSR count). The summed E-state index contributed by atoms with van der Waals surface area (Å²) in [5, 5.41) is 11.9. The van der Waals surface area contributed by atoms with Gasteiger partial charge in [-0.05, 0) is 59.6 Å². The lowest BCUT2D eigenvalue weighted by Crippen LogP contribution is -2.38. The molecule has 4 aromatic rings. The molecule has 4 aromatic carbocycles. The van der Waals surface area contributed by atoms with Crippen LogP contribution in [-0.4, -0.2) is 29.7 Å². The molecular formula is C31H34N2O3. The van der Waals surface area contributed by atoms with E-state index in [2.05, 4.69) is 61.3 Å². The van der Waals surface area contributed by atoms with Crippen molar-refractivity contribution in [3.8, 4) is 0 Å². The Balaban J connectivity index is 1.36. The molecule has 5 nitrogen and oxygen atoms in total. The van der Waals surface area contributed by atoms with Crippen molar-refractivity contribution >= 4 is 16.5 Å². The number of hydrogen-bond donors (Lipinski definition) is 2. The van der Waals surface area contributed by atoms with Crippen LogP contribution in [0.3, 0.4) is 0 Å². The molecule has 1 aliphatic heterocycles. The van der Waals surface area contributed by atoms with Crippen LogP contribution in [0.1, 0.15) is 54.0 Å². The molecule has 1 heterocycles. The second kappa shape index (κ2) is 10.8. The standard InChI is InChI=1S/C31H34N2O3/c1-21(25-15-14-23-6-3-4-7-26(23)16-25)33(2)19-29-18-30(24-12-10-22(20-34)11-13-24)36-31(35-29)27-8-5-9-28(32)17-27/h3-17,21,29-31,34H,18-20,32H2,1-2H3/t21-,29+,30-,31-/m1/s1. The minimum Gasteiger partial charge on any atom is -0.399 e. The number of likely N-dealkylation sites (N-methyl/N-ethyl adjacent to an activating group) is 1. The van der Waals surface area contributed by atoms with E-state index in [1.54, 1.807) is 0 Å². The summed E-state index contributed by atoms with van der Waals surface area (Å²) in [4.78, 5) is 2.35. The fraction of sp³-hybridized carbons (Fsp3) is 0.290. The number of anilines is 1. The van der Waals surface area contributed by atoms with Crippen LogP contribution in [0.25, 0.3) is 10.8 Å². The first-order valence-corrected chi connectivity index (χ1v) is 12.5. The van der Waals surface area contributed by atoms with Crippen molar-refractivity contribution in [2.45, 2.75) is 44.5 Å². The third-order valence-corrected chi connectivity index (χ3v) is 7.21. The van der Waals surface area contributed by atoms with Gasteiger partial charge in [0.15, 0.2) is 6.29 Å². The summed E-state index contributed by atoms with van der Waals surface area (Å²) in [6.45, 7) is 3.03. The number of rotatable bonds is 7. The van der Waals surface area contributed by atoms with Gasteiger partial charge < -0.3 is 20.3 Å². The fourth-order valence-electron chi connectivity index (χ4n) is 4.94. The van der Waals surface area contributed by atoms with Crippen molar-refractivity contribution in [2.24, 2.45) is 0 Å². The molecule has 0 amide bonds. The first kappa shape index (κ1) is 24.5. The van der Waals surface area contributed by atoms with Crippen LogP contribution >= 0.6 is 0 Å². The molecule has 5 heteroatoms. The van der Waals surface area contributed by atoms with Crippen LogP contribution in [0.4, 0.5) is 5.69 Å². The molecule has 186 valence electrons. The Morgan fingerprint density at radius 2 is 1.67 bits per heavy atom. The van der Waals surface area contributed by atoms with Gasteiger partial charge in [0.2, 0.25) is 0 Å². The molecule has 1 saturated heterocycles. The van der Waals surface area contributed by atoms with E-state index < -0.39 is 6.29 Å². The summed E-state index contributed by atoms with van der Waals surface area (Å²) in [7, 11) is 2.15. The van der Waals surface area contributed by atoms with Crippen molar-refractivity contribution in [3.63, 3.8) is 0 Å². The zero-order valence-corrected chi connectivity index (χ0v) is 20.9. The zero-order chi connectivity index (χ0) is 25.1. The SMILES string of the molecule is C[C@H](c1ccc2ccccc2c1)N(C)C[C@@H]1C[C@H](c2ccc(CO)cc2)O[C@H](c2cccc(N)c2)O1. The topological polar surface area (TPSA) is 68.0 Å². The lowest BCUT2D eigenvalue weighted by molar-refractivity contribution is -0.253. The number of aliphatic hydroxyl groups is 1. The van der Waals surface area contributed by atoms with Crippen LogP contribution in [0.15, 0.2) is 91.0 Å². The number of fused-ring (bicyclic) bond motifs is 1. The van der Waals surface area contributed by atoms with Gasteiger partial charge in [0.1, 0.15) is 0 Å². The highest BCUT2D eigenvalue weighted by Crippen LogP contribution is 2.39. The quantitative estimate of drug-likeness (QED) is 0.309. The van der Waals surface area contributed by atoms with E-state index in [0.29, 0.717) is 5.69 Å². The zero-order valence-electron chi connectivity index (χ0n) is 20.9. The summed E-state index contributed by atoms with van der Waals surface area (Å²) in [5.74, 6) is 0. The van der Waals surface area contributed by atoms with Crippen LogP contribution < -0.4 is 5.73 Å². The van der Waals surface area contributed by atoms with Gasteiger partial charge in [-0.1, -0.05) is 72.8 Å². The predicted octanol–water partition coefficient (Wildman–Crippen LogP) is 6.15. The van der Waals surface area contributed by atoms with E-state index >= 15 is 0 Å². The summed E-state index contributed by atoms with van der Waals surface area (Å²) in [6.07, 6.45) is 0.0959. The predicted molar refractivity (Wildman–Crippen MR) is 144 cm³/mol. The van der Waals surface area contributed by atoms with Crippen LogP contribution in [0, 0.1) is 0 Å². The third kappa shape index (κ3) is 5.45. The van der Waals surface area contributed by atoms with Gasteiger partial charge in [0.25, 0.3) is 0 Å². The van der Waals surface area contributed by atoms with Crippen molar-refractivity contribution in [2.75, 3.05) is 19.3 Å². The Kier molecular flexibility index (Phi) is 7.35. The van der Waals surface area contributed by atoms with Crippen molar-refractivity contribution in [1.82, 2.24) is 4.90 Å². The van der Waals surface area contributed by atoms with Gasteiger partial charge in [-0.15, -0.1) is 0 Å². The molecule has 0 aliphatic carbocycles. The molecule has 0 bridgehead atoms. The van der Waals surface area contributed by atoms with Crippen molar-refractivity contribution in [3.05, 3.63) is 113 Å². The molecule has 36 heavy (non-hydrogen) atoms. The maximum atomic E-state index is 9.43. The van der Waals surface area contributed by atoms with E-state index in [9.17, 15) is 5.11 Å². The minimum atomic E-state index is -0.501. The molecule has 0 unspecified atom stereocenters. The Bertz CT molecular complexity index is 1310. The number of aliphatic hydroxyl groups excluding tert-OH is 1. The molecule has 0 saturated carbocycles. The van der Waals surface area contributed by atoms with Gasteiger partial charge in [-0.25, -0.2) is 0 Å². The first-order chi connectivity index (χ1) is 17.5. The minimum absolute atomic E-state index is 0.0272. The number of benzene rings is 4. The lowest BCUT2D eigenvalue weighted by Gasteiger charge is -2.39. The molecule has 4 atom stereocenters. The average molecular weight is 483 g/mol. The smallest absolute Gasteiger partial charge is 0.185 e. The normalized spacial score (nSPS) is 21.1. The molecular weight excluding hydrogens is 448 g/mol. The summed E-state index contributed by atoms with van der Waals surface area (Å²) >= 11 is 0. The van der Waals surface area contributed by atoms with Gasteiger partial charge >= 0.3 is 0 Å². The number of hydrogen-bond acceptors (Lipinski definition) is 5. The van der Waals surface area contributed by atoms with Gasteiger partial charge in [0, 0.05) is 30.3 Å². The molecule has 3 N–H and O–H groups in total. The monoisotopic (exact) mass is 482 g/mol. The number of nitrogen functional groups attached to an aromatic ring is 1. The maximum Gasteiger partial charge on any atom is 0.185 e. The van der Waals surface area contributed by atoms with E-state index in [1.807, 2.05) is 48.5 Å². The van der Waals surface area contributed by atoms with Crippen molar-refractivity contribution < 1.29 is 14.6 Å². The lowest BCUT2D eigenvalue weighted by atomic mass is 9.98. The molecule has 1 fully saturated rings.